The molecule has 1 aromatic rings. The predicted molar refractivity (Wildman–Crippen MR) is 73.3 cm³/mol. The molecule has 2 heterocycles. The molecule has 0 saturated carbocycles. The first-order valence-corrected chi connectivity index (χ1v) is 6.96. The molecule has 1 aromatic heterocycles. The molecule has 1 aliphatic rings. The molecule has 0 bridgehead atoms. The molecule has 21 heavy (non-hydrogen) atoms. The number of halogens is 3. The molecule has 2 rings (SSSR count). The Morgan fingerprint density at radius 2 is 2.05 bits per heavy atom. The summed E-state index contributed by atoms with van der Waals surface area (Å²) in [4.78, 5) is 7.07. The summed E-state index contributed by atoms with van der Waals surface area (Å²) in [7, 11) is 0. The van der Waals surface area contributed by atoms with E-state index in [2.05, 4.69) is 20.6 Å². The van der Waals surface area contributed by atoms with Gasteiger partial charge in [-0.15, -0.1) is 0 Å². The maximum absolute atomic E-state index is 12.8. The van der Waals surface area contributed by atoms with E-state index in [1.807, 2.05) is 6.92 Å². The van der Waals surface area contributed by atoms with E-state index in [0.717, 1.165) is 12.8 Å². The molecule has 0 amide bonds. The Labute approximate surface area is 121 Å². The van der Waals surface area contributed by atoms with E-state index in [1.54, 1.807) is 6.92 Å². The number of nitrogens with one attached hydrogen (secondary N) is 2. The fourth-order valence-corrected chi connectivity index (χ4v) is 2.26. The molecule has 0 aliphatic carbocycles. The maximum atomic E-state index is 12.8. The first-order chi connectivity index (χ1) is 9.88. The number of ether oxygens (including phenoxy) is 1. The van der Waals surface area contributed by atoms with E-state index >= 15 is 0 Å². The van der Waals surface area contributed by atoms with Crippen LogP contribution in [0.25, 0.3) is 0 Å². The van der Waals surface area contributed by atoms with Crippen LogP contribution in [-0.2, 0) is 10.9 Å². The van der Waals surface area contributed by atoms with Gasteiger partial charge in [-0.3, -0.25) is 0 Å². The van der Waals surface area contributed by atoms with Crippen molar-refractivity contribution in [3.63, 3.8) is 0 Å². The Morgan fingerprint density at radius 3 is 2.67 bits per heavy atom. The fraction of sp³-hybridized carbons (Fsp3) is 0.692. The summed E-state index contributed by atoms with van der Waals surface area (Å²) in [5, 5.41) is 5.84. The molecule has 2 atom stereocenters. The fourth-order valence-electron chi connectivity index (χ4n) is 2.26. The number of hydrogen-bond acceptors (Lipinski definition) is 5. The van der Waals surface area contributed by atoms with Gasteiger partial charge in [0.15, 0.2) is 0 Å². The summed E-state index contributed by atoms with van der Waals surface area (Å²) in [6.07, 6.45) is -2.99. The summed E-state index contributed by atoms with van der Waals surface area (Å²) >= 11 is 0. The van der Waals surface area contributed by atoms with Crippen LogP contribution in [0.2, 0.25) is 0 Å². The lowest BCUT2D eigenvalue weighted by molar-refractivity contribution is -0.144. The van der Waals surface area contributed by atoms with Crippen molar-refractivity contribution in [3.8, 4) is 0 Å². The highest BCUT2D eigenvalue weighted by Gasteiger charge is 2.35. The Hall–Kier alpha value is -1.57. The van der Waals surface area contributed by atoms with E-state index < -0.39 is 12.0 Å². The van der Waals surface area contributed by atoms with Gasteiger partial charge in [0, 0.05) is 25.3 Å². The van der Waals surface area contributed by atoms with E-state index in [-0.39, 0.29) is 23.8 Å². The zero-order valence-electron chi connectivity index (χ0n) is 12.0. The van der Waals surface area contributed by atoms with Crippen LogP contribution in [0.15, 0.2) is 6.07 Å². The molecule has 0 aromatic carbocycles. The minimum absolute atomic E-state index is 0.0548. The lowest BCUT2D eigenvalue weighted by atomic mass is 10.0. The summed E-state index contributed by atoms with van der Waals surface area (Å²) in [6, 6.07) is 1.55. The first-order valence-electron chi connectivity index (χ1n) is 6.96. The summed E-state index contributed by atoms with van der Waals surface area (Å²) in [6.45, 7) is 4.82. The average Bonchev–Trinajstić information content (AvgIpc) is 2.37. The molecule has 118 valence electrons. The molecule has 0 spiro atoms. The van der Waals surface area contributed by atoms with Gasteiger partial charge in [-0.05, 0) is 26.7 Å². The van der Waals surface area contributed by atoms with Crippen molar-refractivity contribution < 1.29 is 17.9 Å². The van der Waals surface area contributed by atoms with Crippen molar-refractivity contribution in [1.82, 2.24) is 9.97 Å². The number of alkyl halides is 3. The number of anilines is 2. The van der Waals surface area contributed by atoms with Crippen LogP contribution in [0, 0.1) is 0 Å². The van der Waals surface area contributed by atoms with Gasteiger partial charge in [0.1, 0.15) is 11.6 Å². The van der Waals surface area contributed by atoms with Crippen LogP contribution in [0.3, 0.4) is 0 Å². The van der Waals surface area contributed by atoms with Crippen molar-refractivity contribution in [2.75, 3.05) is 23.8 Å². The minimum Gasteiger partial charge on any atom is -0.378 e. The van der Waals surface area contributed by atoms with Gasteiger partial charge in [0.25, 0.3) is 0 Å². The predicted octanol–water partition coefficient (Wildman–Crippen LogP) is 2.91. The Balaban J connectivity index is 2.19. The number of rotatable bonds is 4. The highest BCUT2D eigenvalue weighted by molar-refractivity contribution is 5.48. The third-order valence-corrected chi connectivity index (χ3v) is 3.17. The van der Waals surface area contributed by atoms with Crippen molar-refractivity contribution in [3.05, 3.63) is 11.9 Å². The molecule has 8 heteroatoms. The largest absolute Gasteiger partial charge is 0.451 e. The molecule has 1 aliphatic heterocycles. The summed E-state index contributed by atoms with van der Waals surface area (Å²) in [5.41, 5.74) is 0. The average molecular weight is 304 g/mol. The molecule has 5 nitrogen and oxygen atoms in total. The van der Waals surface area contributed by atoms with Gasteiger partial charge in [-0.2, -0.15) is 13.2 Å². The van der Waals surface area contributed by atoms with Gasteiger partial charge in [0.2, 0.25) is 5.82 Å². The molecular formula is C13H19F3N4O. The quantitative estimate of drug-likeness (QED) is 0.895. The van der Waals surface area contributed by atoms with Gasteiger partial charge in [-0.25, -0.2) is 9.97 Å². The van der Waals surface area contributed by atoms with Crippen molar-refractivity contribution in [2.45, 2.75) is 45.0 Å². The van der Waals surface area contributed by atoms with E-state index in [4.69, 9.17) is 4.74 Å². The Bertz CT molecular complexity index is 481. The van der Waals surface area contributed by atoms with Gasteiger partial charge in [0.05, 0.1) is 6.10 Å². The van der Waals surface area contributed by atoms with Crippen LogP contribution >= 0.6 is 0 Å². The number of aromatic nitrogens is 2. The van der Waals surface area contributed by atoms with Crippen molar-refractivity contribution in [2.24, 2.45) is 0 Å². The zero-order chi connectivity index (χ0) is 15.5. The lowest BCUT2D eigenvalue weighted by Crippen LogP contribution is -2.33. The van der Waals surface area contributed by atoms with Gasteiger partial charge < -0.3 is 15.4 Å². The second-order valence-corrected chi connectivity index (χ2v) is 5.04. The van der Waals surface area contributed by atoms with Crippen molar-refractivity contribution >= 4 is 11.6 Å². The lowest BCUT2D eigenvalue weighted by Gasteiger charge is -2.28. The number of nitrogens with zero attached hydrogens (tertiary/aromatic N) is 2. The first kappa shape index (κ1) is 15.8. The van der Waals surface area contributed by atoms with Crippen LogP contribution in [0.1, 0.15) is 32.5 Å². The van der Waals surface area contributed by atoms with E-state index in [0.29, 0.717) is 13.2 Å². The molecule has 1 saturated heterocycles. The third kappa shape index (κ3) is 4.45. The monoisotopic (exact) mass is 304 g/mol. The smallest absolute Gasteiger partial charge is 0.378 e. The summed E-state index contributed by atoms with van der Waals surface area (Å²) in [5.74, 6) is -0.779. The minimum atomic E-state index is -4.56. The summed E-state index contributed by atoms with van der Waals surface area (Å²) < 4.78 is 43.9. The normalized spacial score (nSPS) is 22.9. The van der Waals surface area contributed by atoms with Gasteiger partial charge in [-0.1, -0.05) is 0 Å². The molecule has 1 fully saturated rings. The van der Waals surface area contributed by atoms with E-state index in [9.17, 15) is 13.2 Å². The second-order valence-electron chi connectivity index (χ2n) is 5.04. The van der Waals surface area contributed by atoms with Crippen molar-refractivity contribution in [1.29, 1.82) is 0 Å². The zero-order valence-corrected chi connectivity index (χ0v) is 12.0. The number of hydrogen-bond donors (Lipinski definition) is 2. The molecule has 2 unspecified atom stereocenters. The highest BCUT2D eigenvalue weighted by atomic mass is 19.4. The van der Waals surface area contributed by atoms with Crippen LogP contribution in [0.4, 0.5) is 24.8 Å². The highest BCUT2D eigenvalue weighted by Crippen LogP contribution is 2.29. The second kappa shape index (κ2) is 6.46. The van der Waals surface area contributed by atoms with E-state index in [1.165, 1.54) is 6.07 Å². The maximum Gasteiger partial charge on any atom is 0.451 e. The molecular weight excluding hydrogens is 285 g/mol. The SMILES string of the molecule is CCNc1cc(NC2CCOC(C)C2)nc(C(F)(F)F)n1. The topological polar surface area (TPSA) is 59.1 Å². The third-order valence-electron chi connectivity index (χ3n) is 3.17. The Kier molecular flexibility index (Phi) is 4.87. The molecule has 2 N–H and O–H groups in total. The van der Waals surface area contributed by atoms with Gasteiger partial charge >= 0.3 is 6.18 Å². The molecule has 0 radical (unpaired) electrons. The van der Waals surface area contributed by atoms with Crippen LogP contribution < -0.4 is 10.6 Å². The Morgan fingerprint density at radius 1 is 1.33 bits per heavy atom. The van der Waals surface area contributed by atoms with Crippen LogP contribution in [0.5, 0.6) is 0 Å². The standard InChI is InChI=1S/C13H19F3N4O/c1-3-17-10-7-11(20-12(19-10)13(14,15)16)18-9-4-5-21-8(2)6-9/h7-9H,3-6H2,1-2H3,(H2,17,18,19,20). The van der Waals surface area contributed by atoms with Crippen LogP contribution in [-0.4, -0.2) is 35.3 Å².